The van der Waals surface area contributed by atoms with Crippen LogP contribution in [0.2, 0.25) is 0 Å². The molecule has 1 aromatic carbocycles. The highest BCUT2D eigenvalue weighted by molar-refractivity contribution is 5.98. The molecular formula is C22H26N4O5. The highest BCUT2D eigenvalue weighted by Gasteiger charge is 2.45. The van der Waals surface area contributed by atoms with Gasteiger partial charge in [-0.15, -0.1) is 0 Å². The van der Waals surface area contributed by atoms with Crippen molar-refractivity contribution in [2.24, 2.45) is 11.8 Å². The summed E-state index contributed by atoms with van der Waals surface area (Å²) in [5.41, 5.74) is 0.787. The molecule has 3 atom stereocenters. The maximum Gasteiger partial charge on any atom is 0.324 e. The van der Waals surface area contributed by atoms with Crippen LogP contribution in [0.4, 0.5) is 4.79 Å². The van der Waals surface area contributed by atoms with Gasteiger partial charge in [0.1, 0.15) is 0 Å². The van der Waals surface area contributed by atoms with Crippen LogP contribution in [0, 0.1) is 11.8 Å². The Kier molecular flexibility index (Phi) is 5.03. The van der Waals surface area contributed by atoms with Crippen molar-refractivity contribution in [1.82, 2.24) is 20.4 Å². The zero-order chi connectivity index (χ0) is 21.5. The van der Waals surface area contributed by atoms with Crippen LogP contribution in [0.25, 0.3) is 11.4 Å². The van der Waals surface area contributed by atoms with Gasteiger partial charge in [0.15, 0.2) is 11.5 Å². The summed E-state index contributed by atoms with van der Waals surface area (Å²) in [6, 6.07) is 5.03. The summed E-state index contributed by atoms with van der Waals surface area (Å²) in [6.45, 7) is 4.85. The Morgan fingerprint density at radius 1 is 1.19 bits per heavy atom. The first-order valence-electron chi connectivity index (χ1n) is 10.8. The van der Waals surface area contributed by atoms with Gasteiger partial charge in [-0.1, -0.05) is 19.0 Å². The van der Waals surface area contributed by atoms with Crippen LogP contribution < -0.4 is 14.8 Å². The fourth-order valence-corrected chi connectivity index (χ4v) is 4.54. The number of fused-ring (bicyclic) bond motifs is 2. The highest BCUT2D eigenvalue weighted by atomic mass is 16.7. The van der Waals surface area contributed by atoms with Crippen LogP contribution >= 0.6 is 0 Å². The van der Waals surface area contributed by atoms with Gasteiger partial charge in [-0.2, -0.15) is 4.98 Å². The van der Waals surface area contributed by atoms with Gasteiger partial charge in [0, 0.05) is 24.1 Å². The van der Waals surface area contributed by atoms with Crippen LogP contribution in [-0.2, 0) is 4.79 Å². The second kappa shape index (κ2) is 7.86. The maximum atomic E-state index is 12.9. The van der Waals surface area contributed by atoms with Gasteiger partial charge in [0.25, 0.3) is 0 Å². The summed E-state index contributed by atoms with van der Waals surface area (Å²) in [6.07, 6.45) is 2.88. The number of hydrogen-bond donors (Lipinski definition) is 1. The molecule has 1 aliphatic carbocycles. The van der Waals surface area contributed by atoms with Crippen LogP contribution in [0.3, 0.4) is 0 Å². The molecule has 5 rings (SSSR count). The van der Waals surface area contributed by atoms with Crippen molar-refractivity contribution in [2.75, 3.05) is 13.3 Å². The van der Waals surface area contributed by atoms with E-state index < -0.39 is 0 Å². The number of benzene rings is 1. The fraction of sp³-hybridized carbons (Fsp3) is 0.545. The molecule has 3 unspecified atom stereocenters. The minimum Gasteiger partial charge on any atom is -0.454 e. The van der Waals surface area contributed by atoms with Crippen LogP contribution in [0.1, 0.15) is 51.3 Å². The number of urea groups is 1. The molecule has 1 saturated carbocycles. The lowest BCUT2D eigenvalue weighted by molar-refractivity contribution is -0.136. The van der Waals surface area contributed by atoms with E-state index in [0.717, 1.165) is 18.4 Å². The SMILES string of the molecule is CC(C)CCN1C(=O)NC2CC(c3nc(-c4ccc5c(c4)OCO5)no3)CCC2C1=O. The average Bonchev–Trinajstić information content (AvgIpc) is 3.42. The third-order valence-corrected chi connectivity index (χ3v) is 6.34. The van der Waals surface area contributed by atoms with E-state index in [1.54, 1.807) is 0 Å². The number of aromatic nitrogens is 2. The predicted octanol–water partition coefficient (Wildman–Crippen LogP) is 3.32. The molecule has 1 N–H and O–H groups in total. The normalized spacial score (nSPS) is 25.0. The number of ether oxygens (including phenoxy) is 2. The number of carbonyl (C=O) groups is 2. The molecule has 0 spiro atoms. The average molecular weight is 426 g/mol. The number of amides is 3. The number of nitrogens with one attached hydrogen (secondary N) is 1. The minimum absolute atomic E-state index is 0.00632. The van der Waals surface area contributed by atoms with Crippen LogP contribution in [0.15, 0.2) is 22.7 Å². The van der Waals surface area contributed by atoms with Crippen molar-refractivity contribution in [3.8, 4) is 22.9 Å². The molecule has 2 aromatic rings. The van der Waals surface area contributed by atoms with E-state index in [1.165, 1.54) is 4.90 Å². The number of rotatable bonds is 5. The Labute approximate surface area is 180 Å². The van der Waals surface area contributed by atoms with E-state index in [1.807, 2.05) is 18.2 Å². The molecule has 3 amide bonds. The fourth-order valence-electron chi connectivity index (χ4n) is 4.54. The van der Waals surface area contributed by atoms with Gasteiger partial charge in [-0.25, -0.2) is 4.79 Å². The molecule has 1 aromatic heterocycles. The van der Waals surface area contributed by atoms with E-state index in [0.29, 0.717) is 48.5 Å². The Morgan fingerprint density at radius 3 is 2.87 bits per heavy atom. The summed E-state index contributed by atoms with van der Waals surface area (Å²) in [4.78, 5) is 31.4. The third kappa shape index (κ3) is 3.73. The molecule has 2 aliphatic heterocycles. The van der Waals surface area contributed by atoms with Gasteiger partial charge in [-0.3, -0.25) is 9.69 Å². The number of imide groups is 1. The Morgan fingerprint density at radius 2 is 2.03 bits per heavy atom. The summed E-state index contributed by atoms with van der Waals surface area (Å²) in [7, 11) is 0. The summed E-state index contributed by atoms with van der Waals surface area (Å²) in [5.74, 6) is 2.59. The van der Waals surface area contributed by atoms with Crippen molar-refractivity contribution in [3.05, 3.63) is 24.1 Å². The van der Waals surface area contributed by atoms with Crippen molar-refractivity contribution >= 4 is 11.9 Å². The van der Waals surface area contributed by atoms with Crippen LogP contribution in [-0.4, -0.2) is 46.4 Å². The lowest BCUT2D eigenvalue weighted by Crippen LogP contribution is -2.61. The molecule has 3 aliphatic rings. The predicted molar refractivity (Wildman–Crippen MR) is 109 cm³/mol. The second-order valence-electron chi connectivity index (χ2n) is 8.87. The lowest BCUT2D eigenvalue weighted by Gasteiger charge is -2.41. The first kappa shape index (κ1) is 19.8. The highest BCUT2D eigenvalue weighted by Crippen LogP contribution is 2.39. The zero-order valence-electron chi connectivity index (χ0n) is 17.7. The zero-order valence-corrected chi connectivity index (χ0v) is 17.7. The van der Waals surface area contributed by atoms with Gasteiger partial charge < -0.3 is 19.3 Å². The molecule has 164 valence electrons. The number of hydrogen-bond acceptors (Lipinski definition) is 7. The van der Waals surface area contributed by atoms with Crippen molar-refractivity contribution < 1.29 is 23.6 Å². The first-order valence-corrected chi connectivity index (χ1v) is 10.8. The first-order chi connectivity index (χ1) is 15.0. The van der Waals surface area contributed by atoms with Gasteiger partial charge in [-0.05, 0) is 49.8 Å². The quantitative estimate of drug-likeness (QED) is 0.781. The van der Waals surface area contributed by atoms with E-state index in [2.05, 4.69) is 29.3 Å². The molecule has 3 heterocycles. The molecule has 0 radical (unpaired) electrons. The topological polar surface area (TPSA) is 107 Å². The molecule has 9 heteroatoms. The summed E-state index contributed by atoms with van der Waals surface area (Å²) >= 11 is 0. The third-order valence-electron chi connectivity index (χ3n) is 6.34. The van der Waals surface area contributed by atoms with E-state index in [-0.39, 0.29) is 36.6 Å². The Balaban J connectivity index is 1.27. The van der Waals surface area contributed by atoms with Crippen molar-refractivity contribution in [1.29, 1.82) is 0 Å². The molecule has 31 heavy (non-hydrogen) atoms. The van der Waals surface area contributed by atoms with Crippen molar-refractivity contribution in [2.45, 2.75) is 51.5 Å². The second-order valence-corrected chi connectivity index (χ2v) is 8.87. The van der Waals surface area contributed by atoms with Gasteiger partial charge in [0.2, 0.25) is 24.4 Å². The van der Waals surface area contributed by atoms with Gasteiger partial charge >= 0.3 is 6.03 Å². The van der Waals surface area contributed by atoms with Crippen molar-refractivity contribution in [3.63, 3.8) is 0 Å². The van der Waals surface area contributed by atoms with E-state index in [9.17, 15) is 9.59 Å². The van der Waals surface area contributed by atoms with E-state index >= 15 is 0 Å². The lowest BCUT2D eigenvalue weighted by atomic mass is 9.76. The molecule has 1 saturated heterocycles. The molecule has 9 nitrogen and oxygen atoms in total. The Bertz CT molecular complexity index is 1000. The van der Waals surface area contributed by atoms with Gasteiger partial charge in [0.05, 0.1) is 5.92 Å². The smallest absolute Gasteiger partial charge is 0.324 e. The van der Waals surface area contributed by atoms with Crippen LogP contribution in [0.5, 0.6) is 11.5 Å². The molecular weight excluding hydrogens is 400 g/mol. The summed E-state index contributed by atoms with van der Waals surface area (Å²) < 4.78 is 16.3. The number of carbonyl (C=O) groups excluding carboxylic acids is 2. The number of nitrogens with zero attached hydrogens (tertiary/aromatic N) is 3. The summed E-state index contributed by atoms with van der Waals surface area (Å²) in [5, 5.41) is 7.16. The molecule has 0 bridgehead atoms. The maximum absolute atomic E-state index is 12.9. The Hall–Kier alpha value is -3.10. The minimum atomic E-state index is -0.292. The molecule has 2 fully saturated rings. The standard InChI is InChI=1S/C22H26N4O5/c1-12(2)7-8-26-21(27)15-5-3-14(9-16(15)23-22(26)28)20-24-19(25-31-20)13-4-6-17-18(10-13)30-11-29-17/h4,6,10,12,14-16H,3,5,7-9,11H2,1-2H3,(H,23,28). The van der Waals surface area contributed by atoms with E-state index in [4.69, 9.17) is 14.0 Å². The largest absolute Gasteiger partial charge is 0.454 e. The monoisotopic (exact) mass is 426 g/mol.